The van der Waals surface area contributed by atoms with Crippen molar-refractivity contribution in [3.05, 3.63) is 44.1 Å². The third kappa shape index (κ3) is 3.42. The van der Waals surface area contributed by atoms with Crippen LogP contribution in [0.3, 0.4) is 0 Å². The average molecular weight is 370 g/mol. The Labute approximate surface area is 138 Å². The molecule has 0 aliphatic heterocycles. The SMILES string of the molecule is CCNC(c1cscc1C)c1cc(OC)c(OC)cc1Br. The number of ether oxygens (including phenoxy) is 2. The number of methoxy groups -OCH3 is 2. The van der Waals surface area contributed by atoms with Gasteiger partial charge in [-0.1, -0.05) is 22.9 Å². The van der Waals surface area contributed by atoms with E-state index in [0.717, 1.165) is 28.1 Å². The third-order valence-corrected chi connectivity index (χ3v) is 4.99. The molecule has 1 unspecified atom stereocenters. The highest BCUT2D eigenvalue weighted by Crippen LogP contribution is 2.39. The molecule has 5 heteroatoms. The fraction of sp³-hybridized carbons (Fsp3) is 0.375. The zero-order chi connectivity index (χ0) is 15.4. The number of hydrogen-bond donors (Lipinski definition) is 1. The number of rotatable bonds is 6. The largest absolute Gasteiger partial charge is 0.493 e. The minimum absolute atomic E-state index is 0.135. The van der Waals surface area contributed by atoms with Crippen LogP contribution in [0.4, 0.5) is 0 Å². The molecule has 1 heterocycles. The molecule has 3 nitrogen and oxygen atoms in total. The van der Waals surface area contributed by atoms with Crippen LogP contribution >= 0.6 is 27.3 Å². The second kappa shape index (κ2) is 7.29. The van der Waals surface area contributed by atoms with Crippen molar-refractivity contribution in [1.29, 1.82) is 0 Å². The van der Waals surface area contributed by atoms with E-state index in [-0.39, 0.29) is 6.04 Å². The maximum absolute atomic E-state index is 5.44. The van der Waals surface area contributed by atoms with Crippen molar-refractivity contribution in [2.24, 2.45) is 0 Å². The van der Waals surface area contributed by atoms with E-state index >= 15 is 0 Å². The Kier molecular flexibility index (Phi) is 5.67. The van der Waals surface area contributed by atoms with Crippen LogP contribution < -0.4 is 14.8 Å². The Balaban J connectivity index is 2.53. The van der Waals surface area contributed by atoms with Gasteiger partial charge in [-0.25, -0.2) is 0 Å². The molecule has 114 valence electrons. The van der Waals surface area contributed by atoms with Gasteiger partial charge in [-0.05, 0) is 53.1 Å². The summed E-state index contributed by atoms with van der Waals surface area (Å²) >= 11 is 5.39. The van der Waals surface area contributed by atoms with Gasteiger partial charge in [-0.3, -0.25) is 0 Å². The monoisotopic (exact) mass is 369 g/mol. The van der Waals surface area contributed by atoms with Crippen LogP contribution in [-0.2, 0) is 0 Å². The number of benzene rings is 1. The lowest BCUT2D eigenvalue weighted by Crippen LogP contribution is -2.22. The van der Waals surface area contributed by atoms with Crippen molar-refractivity contribution < 1.29 is 9.47 Å². The Bertz CT molecular complexity index is 612. The van der Waals surface area contributed by atoms with Gasteiger partial charge in [-0.15, -0.1) is 0 Å². The predicted octanol–water partition coefficient (Wildman–Crippen LogP) is 4.54. The minimum atomic E-state index is 0.135. The van der Waals surface area contributed by atoms with E-state index in [4.69, 9.17) is 9.47 Å². The molecule has 0 fully saturated rings. The first-order valence-corrected chi connectivity index (χ1v) is 8.53. The van der Waals surface area contributed by atoms with Crippen LogP contribution in [0, 0.1) is 6.92 Å². The second-order valence-electron chi connectivity index (χ2n) is 4.73. The topological polar surface area (TPSA) is 30.5 Å². The predicted molar refractivity (Wildman–Crippen MR) is 91.8 cm³/mol. The first-order chi connectivity index (χ1) is 10.1. The Morgan fingerprint density at radius 1 is 1.14 bits per heavy atom. The number of halogens is 1. The van der Waals surface area contributed by atoms with Gasteiger partial charge in [0.2, 0.25) is 0 Å². The molecule has 0 aliphatic rings. The highest BCUT2D eigenvalue weighted by Gasteiger charge is 2.21. The number of hydrogen-bond acceptors (Lipinski definition) is 4. The van der Waals surface area contributed by atoms with Crippen molar-refractivity contribution >= 4 is 27.3 Å². The lowest BCUT2D eigenvalue weighted by atomic mass is 9.98. The fourth-order valence-electron chi connectivity index (χ4n) is 2.35. The zero-order valence-electron chi connectivity index (χ0n) is 12.7. The molecule has 1 aromatic heterocycles. The molecule has 2 aromatic rings. The second-order valence-corrected chi connectivity index (χ2v) is 6.33. The standard InChI is InChI=1S/C16H20BrNO2S/c1-5-18-16(12-9-21-8-10(12)2)11-6-14(19-3)15(20-4)7-13(11)17/h6-9,16,18H,5H2,1-4H3. The van der Waals surface area contributed by atoms with Gasteiger partial charge in [-0.2, -0.15) is 11.3 Å². The maximum atomic E-state index is 5.44. The third-order valence-electron chi connectivity index (χ3n) is 3.43. The van der Waals surface area contributed by atoms with Crippen LogP contribution in [0.25, 0.3) is 0 Å². The lowest BCUT2D eigenvalue weighted by molar-refractivity contribution is 0.354. The Morgan fingerprint density at radius 2 is 1.81 bits per heavy atom. The summed E-state index contributed by atoms with van der Waals surface area (Å²) in [5.74, 6) is 1.47. The van der Waals surface area contributed by atoms with Crippen molar-refractivity contribution in [3.63, 3.8) is 0 Å². The quantitative estimate of drug-likeness (QED) is 0.810. The molecule has 0 saturated heterocycles. The number of aryl methyl sites for hydroxylation is 1. The minimum Gasteiger partial charge on any atom is -0.493 e. The van der Waals surface area contributed by atoms with E-state index in [1.807, 2.05) is 12.1 Å². The van der Waals surface area contributed by atoms with Crippen LogP contribution in [0.1, 0.15) is 29.7 Å². The molecule has 0 radical (unpaired) electrons. The summed E-state index contributed by atoms with van der Waals surface area (Å²) in [4.78, 5) is 0. The molecule has 1 N–H and O–H groups in total. The maximum Gasteiger partial charge on any atom is 0.161 e. The molecule has 21 heavy (non-hydrogen) atoms. The molecule has 0 spiro atoms. The molecular weight excluding hydrogens is 350 g/mol. The van der Waals surface area contributed by atoms with Gasteiger partial charge < -0.3 is 14.8 Å². The summed E-state index contributed by atoms with van der Waals surface area (Å²) in [5, 5.41) is 7.93. The Morgan fingerprint density at radius 3 is 2.33 bits per heavy atom. The van der Waals surface area contributed by atoms with E-state index < -0.39 is 0 Å². The van der Waals surface area contributed by atoms with Gasteiger partial charge in [0, 0.05) is 4.47 Å². The zero-order valence-corrected chi connectivity index (χ0v) is 15.1. The lowest BCUT2D eigenvalue weighted by Gasteiger charge is -2.22. The van der Waals surface area contributed by atoms with Crippen LogP contribution in [0.2, 0.25) is 0 Å². The van der Waals surface area contributed by atoms with Gasteiger partial charge in [0.05, 0.1) is 20.3 Å². The molecule has 0 aliphatic carbocycles. The van der Waals surface area contributed by atoms with Crippen molar-refractivity contribution in [2.45, 2.75) is 19.9 Å². The van der Waals surface area contributed by atoms with Crippen LogP contribution in [0.15, 0.2) is 27.4 Å². The van der Waals surface area contributed by atoms with Crippen LogP contribution in [0.5, 0.6) is 11.5 Å². The number of thiophene rings is 1. The van der Waals surface area contributed by atoms with Crippen molar-refractivity contribution in [1.82, 2.24) is 5.32 Å². The first kappa shape index (κ1) is 16.3. The van der Waals surface area contributed by atoms with E-state index in [2.05, 4.69) is 45.9 Å². The van der Waals surface area contributed by atoms with Crippen LogP contribution in [-0.4, -0.2) is 20.8 Å². The highest BCUT2D eigenvalue weighted by atomic mass is 79.9. The molecular formula is C16H20BrNO2S. The van der Waals surface area contributed by atoms with Crippen molar-refractivity contribution in [3.8, 4) is 11.5 Å². The molecule has 2 rings (SSSR count). The van der Waals surface area contributed by atoms with Gasteiger partial charge in [0.25, 0.3) is 0 Å². The first-order valence-electron chi connectivity index (χ1n) is 6.79. The summed E-state index contributed by atoms with van der Waals surface area (Å²) in [5.41, 5.74) is 3.75. The molecule has 0 saturated carbocycles. The van der Waals surface area contributed by atoms with E-state index in [1.54, 1.807) is 25.6 Å². The summed E-state index contributed by atoms with van der Waals surface area (Å²) < 4.78 is 11.8. The highest BCUT2D eigenvalue weighted by molar-refractivity contribution is 9.10. The molecule has 0 bridgehead atoms. The van der Waals surface area contributed by atoms with Gasteiger partial charge in [0.15, 0.2) is 11.5 Å². The summed E-state index contributed by atoms with van der Waals surface area (Å²) in [6.45, 7) is 5.15. The molecule has 1 aromatic carbocycles. The fourth-order valence-corrected chi connectivity index (χ4v) is 3.78. The van der Waals surface area contributed by atoms with E-state index in [0.29, 0.717) is 0 Å². The van der Waals surface area contributed by atoms with Gasteiger partial charge >= 0.3 is 0 Å². The van der Waals surface area contributed by atoms with E-state index in [1.165, 1.54) is 11.1 Å². The number of nitrogens with one attached hydrogen (secondary N) is 1. The normalized spacial score (nSPS) is 12.2. The van der Waals surface area contributed by atoms with E-state index in [9.17, 15) is 0 Å². The smallest absolute Gasteiger partial charge is 0.161 e. The Hall–Kier alpha value is -1.04. The summed E-state index contributed by atoms with van der Waals surface area (Å²) in [7, 11) is 3.31. The van der Waals surface area contributed by atoms with Crippen molar-refractivity contribution in [2.75, 3.05) is 20.8 Å². The molecule has 0 amide bonds. The van der Waals surface area contributed by atoms with Gasteiger partial charge in [0.1, 0.15) is 0 Å². The summed E-state index contributed by atoms with van der Waals surface area (Å²) in [6, 6.07) is 4.13. The summed E-state index contributed by atoms with van der Waals surface area (Å²) in [6.07, 6.45) is 0. The average Bonchev–Trinajstić information content (AvgIpc) is 2.90. The molecule has 1 atom stereocenters.